The molecule has 0 amide bonds. The van der Waals surface area contributed by atoms with E-state index in [4.69, 9.17) is 0 Å². The summed E-state index contributed by atoms with van der Waals surface area (Å²) in [6.07, 6.45) is 6.44. The van der Waals surface area contributed by atoms with Crippen LogP contribution in [-0.2, 0) is 12.8 Å². The van der Waals surface area contributed by atoms with E-state index in [2.05, 4.69) is 22.4 Å². The quantitative estimate of drug-likeness (QED) is 0.763. The van der Waals surface area contributed by atoms with E-state index in [0.29, 0.717) is 0 Å². The van der Waals surface area contributed by atoms with Crippen LogP contribution in [0.25, 0.3) is 0 Å². The number of fused-ring (bicyclic) bond motifs is 1. The third kappa shape index (κ3) is 2.26. The molecule has 0 unspecified atom stereocenters. The van der Waals surface area contributed by atoms with Crippen molar-refractivity contribution < 1.29 is 0 Å². The van der Waals surface area contributed by atoms with Gasteiger partial charge in [-0.05, 0) is 25.7 Å². The molecule has 0 bridgehead atoms. The third-order valence-corrected chi connectivity index (χ3v) is 3.08. The van der Waals surface area contributed by atoms with Gasteiger partial charge < -0.3 is 5.32 Å². The van der Waals surface area contributed by atoms with Gasteiger partial charge in [-0.15, -0.1) is 0 Å². The lowest BCUT2D eigenvalue weighted by Crippen LogP contribution is -2.25. The van der Waals surface area contributed by atoms with Crippen molar-refractivity contribution in [2.45, 2.75) is 45.4 Å². The number of aromatic amines is 1. The zero-order valence-corrected chi connectivity index (χ0v) is 9.81. The monoisotopic (exact) mass is 221 g/mol. The molecule has 0 spiro atoms. The predicted molar refractivity (Wildman–Crippen MR) is 64.9 cm³/mol. The van der Waals surface area contributed by atoms with Gasteiger partial charge in [-0.3, -0.25) is 4.79 Å². The van der Waals surface area contributed by atoms with Gasteiger partial charge in [0, 0.05) is 12.1 Å². The first-order valence-corrected chi connectivity index (χ1v) is 6.17. The molecule has 0 saturated heterocycles. The number of hydrogen-bond donors (Lipinski definition) is 2. The standard InChI is InChI=1S/C12H19N3O/c1-2-3-4-7-10-11-9(6-5-8-13-11)12(16)15-14-10/h13H,2-8H2,1H3,(H,15,16). The molecule has 0 saturated carbocycles. The highest BCUT2D eigenvalue weighted by Crippen LogP contribution is 2.22. The fourth-order valence-corrected chi connectivity index (χ4v) is 2.18. The van der Waals surface area contributed by atoms with Crippen LogP contribution in [0.5, 0.6) is 0 Å². The summed E-state index contributed by atoms with van der Waals surface area (Å²) in [4.78, 5) is 11.6. The molecule has 2 N–H and O–H groups in total. The second-order valence-corrected chi connectivity index (χ2v) is 4.34. The number of anilines is 1. The van der Waals surface area contributed by atoms with E-state index in [1.165, 1.54) is 12.8 Å². The Balaban J connectivity index is 2.21. The maximum Gasteiger partial charge on any atom is 0.269 e. The molecule has 1 aromatic heterocycles. The van der Waals surface area contributed by atoms with Crippen molar-refractivity contribution in [2.75, 3.05) is 11.9 Å². The number of aryl methyl sites for hydroxylation is 1. The number of aromatic nitrogens is 2. The van der Waals surface area contributed by atoms with Crippen LogP contribution in [0.3, 0.4) is 0 Å². The highest BCUT2D eigenvalue weighted by Gasteiger charge is 2.16. The van der Waals surface area contributed by atoms with E-state index >= 15 is 0 Å². The maximum atomic E-state index is 11.6. The van der Waals surface area contributed by atoms with Gasteiger partial charge in [0.1, 0.15) is 0 Å². The number of hydrogen-bond acceptors (Lipinski definition) is 3. The summed E-state index contributed by atoms with van der Waals surface area (Å²) in [6, 6.07) is 0. The van der Waals surface area contributed by atoms with E-state index in [9.17, 15) is 4.79 Å². The molecule has 1 aliphatic heterocycles. The molecule has 4 heteroatoms. The number of H-pyrrole nitrogens is 1. The average Bonchev–Trinajstić information content (AvgIpc) is 2.33. The maximum absolute atomic E-state index is 11.6. The SMILES string of the molecule is CCCCCc1n[nH]c(=O)c2c1NCCC2. The van der Waals surface area contributed by atoms with Crippen LogP contribution in [0, 0.1) is 0 Å². The fraction of sp³-hybridized carbons (Fsp3) is 0.667. The van der Waals surface area contributed by atoms with Gasteiger partial charge >= 0.3 is 0 Å². The molecule has 2 rings (SSSR count). The van der Waals surface area contributed by atoms with Crippen molar-refractivity contribution in [3.05, 3.63) is 21.6 Å². The van der Waals surface area contributed by atoms with Crippen LogP contribution in [-0.4, -0.2) is 16.7 Å². The molecule has 88 valence electrons. The molecule has 16 heavy (non-hydrogen) atoms. The summed E-state index contributed by atoms with van der Waals surface area (Å²) in [5.41, 5.74) is 2.91. The fourth-order valence-electron chi connectivity index (χ4n) is 2.18. The summed E-state index contributed by atoms with van der Waals surface area (Å²) in [5, 5.41) is 10.1. The van der Waals surface area contributed by atoms with Gasteiger partial charge in [0.15, 0.2) is 0 Å². The molecule has 4 nitrogen and oxygen atoms in total. The molecule has 0 aliphatic carbocycles. The van der Waals surface area contributed by atoms with Crippen LogP contribution in [0.4, 0.5) is 5.69 Å². The third-order valence-electron chi connectivity index (χ3n) is 3.08. The minimum Gasteiger partial charge on any atom is -0.383 e. The second-order valence-electron chi connectivity index (χ2n) is 4.34. The van der Waals surface area contributed by atoms with E-state index < -0.39 is 0 Å². The highest BCUT2D eigenvalue weighted by molar-refractivity contribution is 5.55. The smallest absolute Gasteiger partial charge is 0.269 e. The van der Waals surface area contributed by atoms with Crippen molar-refractivity contribution >= 4 is 5.69 Å². The van der Waals surface area contributed by atoms with Gasteiger partial charge in [-0.25, -0.2) is 5.10 Å². The van der Waals surface area contributed by atoms with E-state index in [-0.39, 0.29) is 5.56 Å². The summed E-state index contributed by atoms with van der Waals surface area (Å²) < 4.78 is 0. The lowest BCUT2D eigenvalue weighted by molar-refractivity contribution is 0.689. The van der Waals surface area contributed by atoms with Crippen molar-refractivity contribution in [3.8, 4) is 0 Å². The molecule has 1 aliphatic rings. The first kappa shape index (κ1) is 11.2. The Hall–Kier alpha value is -1.32. The van der Waals surface area contributed by atoms with Crippen LogP contribution < -0.4 is 10.9 Å². The predicted octanol–water partition coefficient (Wildman–Crippen LogP) is 1.86. The van der Waals surface area contributed by atoms with E-state index in [0.717, 1.165) is 49.2 Å². The van der Waals surface area contributed by atoms with Crippen molar-refractivity contribution in [3.63, 3.8) is 0 Å². The Bertz CT molecular complexity index is 411. The van der Waals surface area contributed by atoms with E-state index in [1.807, 2.05) is 0 Å². The van der Waals surface area contributed by atoms with Gasteiger partial charge in [-0.1, -0.05) is 19.8 Å². The summed E-state index contributed by atoms with van der Waals surface area (Å²) in [6.45, 7) is 3.15. The zero-order valence-electron chi connectivity index (χ0n) is 9.81. The Morgan fingerprint density at radius 1 is 1.38 bits per heavy atom. The van der Waals surface area contributed by atoms with Crippen molar-refractivity contribution in [2.24, 2.45) is 0 Å². The Morgan fingerprint density at radius 2 is 2.25 bits per heavy atom. The van der Waals surface area contributed by atoms with Crippen molar-refractivity contribution in [1.29, 1.82) is 0 Å². The van der Waals surface area contributed by atoms with E-state index in [1.54, 1.807) is 0 Å². The molecular formula is C12H19N3O. The number of unbranched alkanes of at least 4 members (excludes halogenated alkanes) is 2. The van der Waals surface area contributed by atoms with Crippen LogP contribution in [0.15, 0.2) is 4.79 Å². The van der Waals surface area contributed by atoms with Crippen LogP contribution in [0.1, 0.15) is 43.9 Å². The number of rotatable bonds is 4. The second kappa shape index (κ2) is 5.14. The lowest BCUT2D eigenvalue weighted by Gasteiger charge is -2.19. The minimum atomic E-state index is -0.0264. The topological polar surface area (TPSA) is 57.8 Å². The normalized spacial score (nSPS) is 14.3. The summed E-state index contributed by atoms with van der Waals surface area (Å²) >= 11 is 0. The molecular weight excluding hydrogens is 202 g/mol. The van der Waals surface area contributed by atoms with Crippen molar-refractivity contribution in [1.82, 2.24) is 10.2 Å². The summed E-state index contributed by atoms with van der Waals surface area (Å²) in [5.74, 6) is 0. The molecule has 0 radical (unpaired) electrons. The first-order valence-electron chi connectivity index (χ1n) is 6.17. The molecule has 0 aromatic carbocycles. The molecule has 1 aromatic rings. The summed E-state index contributed by atoms with van der Waals surface area (Å²) in [7, 11) is 0. The average molecular weight is 221 g/mol. The molecule has 0 fully saturated rings. The van der Waals surface area contributed by atoms with Crippen LogP contribution in [0.2, 0.25) is 0 Å². The lowest BCUT2D eigenvalue weighted by atomic mass is 10.0. The largest absolute Gasteiger partial charge is 0.383 e. The zero-order chi connectivity index (χ0) is 11.4. The van der Waals surface area contributed by atoms with Gasteiger partial charge in [0.25, 0.3) is 5.56 Å². The Morgan fingerprint density at radius 3 is 3.06 bits per heavy atom. The number of nitrogens with zero attached hydrogens (tertiary/aromatic N) is 1. The Kier molecular flexibility index (Phi) is 3.59. The molecule has 2 heterocycles. The molecule has 0 atom stereocenters. The number of nitrogens with one attached hydrogen (secondary N) is 2. The van der Waals surface area contributed by atoms with Gasteiger partial charge in [0.2, 0.25) is 0 Å². The minimum absolute atomic E-state index is 0.0264. The Labute approximate surface area is 95.5 Å². The van der Waals surface area contributed by atoms with Crippen LogP contribution >= 0.6 is 0 Å². The van der Waals surface area contributed by atoms with Gasteiger partial charge in [0.05, 0.1) is 11.4 Å². The van der Waals surface area contributed by atoms with Gasteiger partial charge in [-0.2, -0.15) is 5.10 Å². The highest BCUT2D eigenvalue weighted by atomic mass is 16.1. The first-order chi connectivity index (χ1) is 7.83.